The van der Waals surface area contributed by atoms with E-state index in [1.54, 1.807) is 18.2 Å². The number of halogens is 1. The summed E-state index contributed by atoms with van der Waals surface area (Å²) >= 11 is 0. The van der Waals surface area contributed by atoms with Crippen LogP contribution in [0.5, 0.6) is 0 Å². The summed E-state index contributed by atoms with van der Waals surface area (Å²) in [7, 11) is 4.10. The van der Waals surface area contributed by atoms with Crippen LogP contribution in [0.3, 0.4) is 0 Å². The summed E-state index contributed by atoms with van der Waals surface area (Å²) in [5, 5.41) is 6.64. The van der Waals surface area contributed by atoms with Crippen LogP contribution in [0.1, 0.15) is 71.5 Å². The zero-order valence-corrected chi connectivity index (χ0v) is 20.6. The van der Waals surface area contributed by atoms with Crippen molar-refractivity contribution in [3.05, 3.63) is 65.2 Å². The highest BCUT2D eigenvalue weighted by Crippen LogP contribution is 2.57. The van der Waals surface area contributed by atoms with Gasteiger partial charge in [-0.15, -0.1) is 0 Å². The zero-order valence-electron chi connectivity index (χ0n) is 20.6. The number of aryl methyl sites for hydroxylation is 1. The van der Waals surface area contributed by atoms with Crippen molar-refractivity contribution in [3.8, 4) is 0 Å². The number of carbonyl (C=O) groups excluding carboxylic acids is 2. The summed E-state index contributed by atoms with van der Waals surface area (Å²) in [5.74, 6) is 0.153. The molecule has 1 heterocycles. The van der Waals surface area contributed by atoms with E-state index >= 15 is 0 Å². The van der Waals surface area contributed by atoms with Crippen molar-refractivity contribution < 1.29 is 14.0 Å². The summed E-state index contributed by atoms with van der Waals surface area (Å²) in [6.45, 7) is 0.980. The van der Waals surface area contributed by atoms with Crippen LogP contribution in [0.25, 0.3) is 0 Å². The highest BCUT2D eigenvalue weighted by atomic mass is 19.1. The van der Waals surface area contributed by atoms with Crippen molar-refractivity contribution in [3.63, 3.8) is 0 Å². The minimum atomic E-state index is -0.414. The van der Waals surface area contributed by atoms with Crippen LogP contribution < -0.4 is 10.6 Å². The summed E-state index contributed by atoms with van der Waals surface area (Å²) in [6, 6.07) is 11.5. The van der Waals surface area contributed by atoms with Gasteiger partial charge in [-0.05, 0) is 114 Å². The first-order chi connectivity index (χ1) is 16.7. The number of nitrogens with one attached hydrogen (secondary N) is 2. The van der Waals surface area contributed by atoms with Gasteiger partial charge in [-0.2, -0.15) is 0 Å². The summed E-state index contributed by atoms with van der Waals surface area (Å²) in [5.41, 5.74) is 1.04. The minimum Gasteiger partial charge on any atom is -0.346 e. The van der Waals surface area contributed by atoms with Gasteiger partial charge in [-0.3, -0.25) is 9.59 Å². The molecule has 1 aromatic carbocycles. The highest BCUT2D eigenvalue weighted by molar-refractivity contribution is 5.95. The Morgan fingerprint density at radius 1 is 1.00 bits per heavy atom. The first-order valence-corrected chi connectivity index (χ1v) is 12.7. The highest BCUT2D eigenvalue weighted by Gasteiger charge is 2.58. The monoisotopic (exact) mass is 478 g/mol. The number of benzene rings is 1. The molecule has 6 nitrogen and oxygen atoms in total. The molecule has 2 atom stereocenters. The van der Waals surface area contributed by atoms with E-state index in [4.69, 9.17) is 0 Å². The van der Waals surface area contributed by atoms with Gasteiger partial charge >= 0.3 is 0 Å². The van der Waals surface area contributed by atoms with E-state index in [0.717, 1.165) is 57.2 Å². The number of amides is 2. The van der Waals surface area contributed by atoms with E-state index in [2.05, 4.69) is 34.6 Å². The first-order valence-electron chi connectivity index (χ1n) is 12.7. The predicted molar refractivity (Wildman–Crippen MR) is 133 cm³/mol. The molecule has 1 aromatic heterocycles. The van der Waals surface area contributed by atoms with Crippen LogP contribution in [0.4, 0.5) is 4.39 Å². The molecule has 0 spiro atoms. The van der Waals surface area contributed by atoms with Gasteiger partial charge in [0.2, 0.25) is 0 Å². The molecule has 35 heavy (non-hydrogen) atoms. The third-order valence-electron chi connectivity index (χ3n) is 7.98. The van der Waals surface area contributed by atoms with Gasteiger partial charge in [0.1, 0.15) is 11.5 Å². The van der Waals surface area contributed by atoms with Crippen molar-refractivity contribution >= 4 is 11.8 Å². The molecule has 7 heteroatoms. The Morgan fingerprint density at radius 2 is 1.66 bits per heavy atom. The molecule has 4 saturated carbocycles. The quantitative estimate of drug-likeness (QED) is 0.602. The summed E-state index contributed by atoms with van der Waals surface area (Å²) < 4.78 is 13.7. The molecule has 2 aromatic rings. The standard InChI is InChI=1S/C28H35FN4O2/c1-33(2)11-5-9-23-8-4-10-24(30-23)26(35)32-28-16-19-12-20(17-28)15-27(14-19,18-28)31-25(34)21-6-3-7-22(29)13-21/h3-4,6-8,10,13,19-20H,5,9,11-12,14-18H2,1-2H3,(H,31,34)(H,32,35). The van der Waals surface area contributed by atoms with Gasteiger partial charge in [-0.1, -0.05) is 12.1 Å². The van der Waals surface area contributed by atoms with E-state index in [1.807, 2.05) is 12.1 Å². The van der Waals surface area contributed by atoms with Crippen LogP contribution in [0.2, 0.25) is 0 Å². The number of rotatable bonds is 8. The Hall–Kier alpha value is -2.80. The number of carbonyl (C=O) groups is 2. The van der Waals surface area contributed by atoms with Crippen LogP contribution in [0.15, 0.2) is 42.5 Å². The van der Waals surface area contributed by atoms with E-state index in [-0.39, 0.29) is 22.9 Å². The van der Waals surface area contributed by atoms with Gasteiger partial charge in [0, 0.05) is 22.3 Å². The molecule has 4 bridgehead atoms. The second-order valence-corrected chi connectivity index (χ2v) is 11.4. The van der Waals surface area contributed by atoms with Crippen LogP contribution in [-0.2, 0) is 6.42 Å². The van der Waals surface area contributed by atoms with E-state index in [9.17, 15) is 14.0 Å². The number of hydrogen-bond donors (Lipinski definition) is 2. The number of hydrogen-bond acceptors (Lipinski definition) is 4. The van der Waals surface area contributed by atoms with Crippen molar-refractivity contribution in [2.45, 2.75) is 62.4 Å². The first kappa shape index (κ1) is 23.9. The maximum absolute atomic E-state index is 13.7. The molecule has 0 radical (unpaired) electrons. The Bertz CT molecular complexity index is 1100. The zero-order chi connectivity index (χ0) is 24.6. The number of nitrogens with zero attached hydrogens (tertiary/aromatic N) is 2. The molecule has 4 fully saturated rings. The predicted octanol–water partition coefficient (Wildman–Crippen LogP) is 3.97. The average Bonchev–Trinajstić information content (AvgIpc) is 2.77. The molecule has 0 aliphatic heterocycles. The van der Waals surface area contributed by atoms with Crippen molar-refractivity contribution in [2.24, 2.45) is 11.8 Å². The van der Waals surface area contributed by atoms with Crippen molar-refractivity contribution in [2.75, 3.05) is 20.6 Å². The maximum atomic E-state index is 13.7. The molecule has 186 valence electrons. The molecule has 2 amide bonds. The van der Waals surface area contributed by atoms with Crippen LogP contribution in [-0.4, -0.2) is 53.4 Å². The lowest BCUT2D eigenvalue weighted by molar-refractivity contribution is -0.0448. The largest absolute Gasteiger partial charge is 0.346 e. The van der Waals surface area contributed by atoms with Crippen LogP contribution in [0, 0.1) is 17.7 Å². The minimum absolute atomic E-state index is 0.131. The second kappa shape index (κ2) is 9.34. The fraction of sp³-hybridized carbons (Fsp3) is 0.536. The fourth-order valence-corrected chi connectivity index (χ4v) is 7.12. The van der Waals surface area contributed by atoms with Crippen molar-refractivity contribution in [1.82, 2.24) is 20.5 Å². The van der Waals surface area contributed by atoms with E-state index < -0.39 is 5.82 Å². The Kier molecular flexibility index (Phi) is 6.38. The Morgan fingerprint density at radius 3 is 2.31 bits per heavy atom. The van der Waals surface area contributed by atoms with Gasteiger partial charge < -0.3 is 15.5 Å². The molecule has 4 aliphatic carbocycles. The third kappa shape index (κ3) is 5.25. The normalized spacial score (nSPS) is 28.8. The number of aromatic nitrogens is 1. The van der Waals surface area contributed by atoms with Crippen LogP contribution >= 0.6 is 0 Å². The molecule has 2 N–H and O–H groups in total. The van der Waals surface area contributed by atoms with E-state index in [1.165, 1.54) is 12.1 Å². The van der Waals surface area contributed by atoms with Gasteiger partial charge in [0.25, 0.3) is 11.8 Å². The SMILES string of the molecule is CN(C)CCCc1cccc(C(=O)NC23CC4CC(CC(NC(=O)c5cccc(F)c5)(C4)C2)C3)n1. The molecular weight excluding hydrogens is 443 g/mol. The smallest absolute Gasteiger partial charge is 0.270 e. The lowest BCUT2D eigenvalue weighted by atomic mass is 9.49. The lowest BCUT2D eigenvalue weighted by Crippen LogP contribution is -2.69. The van der Waals surface area contributed by atoms with Gasteiger partial charge in [0.15, 0.2) is 0 Å². The summed E-state index contributed by atoms with van der Waals surface area (Å²) in [4.78, 5) is 33.1. The lowest BCUT2D eigenvalue weighted by Gasteiger charge is -2.62. The molecule has 0 saturated heterocycles. The molecule has 2 unspecified atom stereocenters. The van der Waals surface area contributed by atoms with E-state index in [0.29, 0.717) is 29.5 Å². The number of pyridine rings is 1. The van der Waals surface area contributed by atoms with Gasteiger partial charge in [0.05, 0.1) is 0 Å². The molecule has 4 aliphatic rings. The van der Waals surface area contributed by atoms with Gasteiger partial charge in [-0.25, -0.2) is 9.37 Å². The molecule has 6 rings (SSSR count). The topological polar surface area (TPSA) is 74.3 Å². The Balaban J connectivity index is 1.30. The molecular formula is C28H35FN4O2. The maximum Gasteiger partial charge on any atom is 0.270 e. The third-order valence-corrected chi connectivity index (χ3v) is 7.98. The van der Waals surface area contributed by atoms with Crippen molar-refractivity contribution in [1.29, 1.82) is 0 Å². The summed E-state index contributed by atoms with van der Waals surface area (Å²) in [6.07, 6.45) is 7.40. The Labute approximate surface area is 206 Å². The fourth-order valence-electron chi connectivity index (χ4n) is 7.12. The average molecular weight is 479 g/mol. The second-order valence-electron chi connectivity index (χ2n) is 11.4.